The molecule has 2 amide bonds. The fourth-order valence-electron chi connectivity index (χ4n) is 3.13. The van der Waals surface area contributed by atoms with Crippen molar-refractivity contribution in [1.29, 1.82) is 0 Å². The number of phenolic OH excluding ortho intramolecular Hbond substituents is 1. The van der Waals surface area contributed by atoms with E-state index in [1.54, 1.807) is 41.3 Å². The average Bonchev–Trinajstić information content (AvgIpc) is 2.61. The van der Waals surface area contributed by atoms with E-state index in [1.807, 2.05) is 6.07 Å². The van der Waals surface area contributed by atoms with Crippen LogP contribution in [0.1, 0.15) is 22.8 Å². The monoisotopic (exact) mass is 336 g/mol. The first-order chi connectivity index (χ1) is 12.0. The summed E-state index contributed by atoms with van der Waals surface area (Å²) in [5, 5.41) is 12.9. The van der Waals surface area contributed by atoms with Gasteiger partial charge in [0.05, 0.1) is 5.69 Å². The van der Waals surface area contributed by atoms with E-state index < -0.39 is 0 Å². The molecule has 0 aliphatic carbocycles. The van der Waals surface area contributed by atoms with Crippen LogP contribution in [0.15, 0.2) is 55.1 Å². The van der Waals surface area contributed by atoms with Gasteiger partial charge in [-0.3, -0.25) is 9.59 Å². The van der Waals surface area contributed by atoms with Gasteiger partial charge in [-0.1, -0.05) is 25.6 Å². The van der Waals surface area contributed by atoms with Crippen molar-refractivity contribution in [2.75, 3.05) is 16.8 Å². The van der Waals surface area contributed by atoms with Crippen LogP contribution < -0.4 is 10.2 Å². The fraction of sp³-hybridized carbons (Fsp3) is 0.200. The van der Waals surface area contributed by atoms with Gasteiger partial charge in [-0.25, -0.2) is 0 Å². The average molecular weight is 336 g/mol. The molecule has 1 atom stereocenters. The molecule has 3 rings (SSSR count). The number of nitrogens with one attached hydrogen (secondary N) is 1. The summed E-state index contributed by atoms with van der Waals surface area (Å²) < 4.78 is 0. The van der Waals surface area contributed by atoms with Gasteiger partial charge in [0.1, 0.15) is 5.75 Å². The van der Waals surface area contributed by atoms with Gasteiger partial charge in [0.15, 0.2) is 0 Å². The van der Waals surface area contributed by atoms with Gasteiger partial charge in [0, 0.05) is 17.8 Å². The van der Waals surface area contributed by atoms with E-state index in [-0.39, 0.29) is 17.6 Å². The maximum atomic E-state index is 13.0. The predicted octanol–water partition coefficient (Wildman–Crippen LogP) is 3.36. The van der Waals surface area contributed by atoms with E-state index in [1.165, 1.54) is 6.08 Å². The third kappa shape index (κ3) is 3.40. The molecule has 0 radical (unpaired) electrons. The Morgan fingerprint density at radius 2 is 1.96 bits per heavy atom. The summed E-state index contributed by atoms with van der Waals surface area (Å²) in [6.07, 6.45) is 2.02. The van der Waals surface area contributed by atoms with Crippen LogP contribution in [0.25, 0.3) is 0 Å². The summed E-state index contributed by atoms with van der Waals surface area (Å²) in [4.78, 5) is 25.9. The zero-order valence-electron chi connectivity index (χ0n) is 14.0. The molecule has 2 aromatic rings. The highest BCUT2D eigenvalue weighted by atomic mass is 16.3. The zero-order valence-corrected chi connectivity index (χ0v) is 14.0. The standard InChI is InChI=1S/C20H20N2O3/c1-3-18(24)21-16-9-7-14(8-10-16)20(25)22-12-13(2)11-15-5-4-6-17(23)19(15)22/h3-10,13,23H,1,11-12H2,2H3,(H,21,24). The number of para-hydroxylation sites is 1. The Balaban J connectivity index is 1.89. The van der Waals surface area contributed by atoms with Crippen LogP contribution in [0.4, 0.5) is 11.4 Å². The van der Waals surface area contributed by atoms with Crippen molar-refractivity contribution >= 4 is 23.2 Å². The number of anilines is 2. The number of carbonyl (C=O) groups excluding carboxylic acids is 2. The number of hydrogen-bond acceptors (Lipinski definition) is 3. The lowest BCUT2D eigenvalue weighted by Crippen LogP contribution is -2.39. The molecule has 0 bridgehead atoms. The lowest BCUT2D eigenvalue weighted by atomic mass is 9.93. The van der Waals surface area contributed by atoms with Crippen LogP contribution in [-0.2, 0) is 11.2 Å². The molecule has 0 saturated carbocycles. The Kier molecular flexibility index (Phi) is 4.57. The first kappa shape index (κ1) is 16.8. The van der Waals surface area contributed by atoms with E-state index in [9.17, 15) is 14.7 Å². The van der Waals surface area contributed by atoms with Gasteiger partial charge >= 0.3 is 0 Å². The van der Waals surface area contributed by atoms with E-state index in [4.69, 9.17) is 0 Å². The predicted molar refractivity (Wildman–Crippen MR) is 97.9 cm³/mol. The normalized spacial score (nSPS) is 16.0. The van der Waals surface area contributed by atoms with Crippen molar-refractivity contribution in [3.05, 3.63) is 66.2 Å². The molecule has 1 aliphatic rings. The highest BCUT2D eigenvalue weighted by Crippen LogP contribution is 2.37. The smallest absolute Gasteiger partial charge is 0.258 e. The third-order valence-electron chi connectivity index (χ3n) is 4.26. The number of aromatic hydroxyl groups is 1. The van der Waals surface area contributed by atoms with Crippen molar-refractivity contribution in [1.82, 2.24) is 0 Å². The minimum Gasteiger partial charge on any atom is -0.506 e. The largest absolute Gasteiger partial charge is 0.506 e. The van der Waals surface area contributed by atoms with E-state index in [0.717, 1.165) is 12.0 Å². The molecule has 5 nitrogen and oxygen atoms in total. The highest BCUT2D eigenvalue weighted by molar-refractivity contribution is 6.08. The van der Waals surface area contributed by atoms with Gasteiger partial charge in [-0.2, -0.15) is 0 Å². The molecule has 1 aliphatic heterocycles. The number of nitrogens with zero attached hydrogens (tertiary/aromatic N) is 1. The Hall–Kier alpha value is -3.08. The molecule has 0 saturated heterocycles. The van der Waals surface area contributed by atoms with Crippen molar-refractivity contribution in [2.24, 2.45) is 5.92 Å². The van der Waals surface area contributed by atoms with Crippen molar-refractivity contribution in [2.45, 2.75) is 13.3 Å². The topological polar surface area (TPSA) is 69.6 Å². The second kappa shape index (κ2) is 6.81. The molecule has 25 heavy (non-hydrogen) atoms. The van der Waals surface area contributed by atoms with E-state index in [2.05, 4.69) is 18.8 Å². The first-order valence-electron chi connectivity index (χ1n) is 8.16. The molecular formula is C20H20N2O3. The van der Waals surface area contributed by atoms with Crippen LogP contribution in [-0.4, -0.2) is 23.5 Å². The Labute approximate surface area is 146 Å². The molecule has 0 spiro atoms. The minimum atomic E-state index is -0.303. The second-order valence-corrected chi connectivity index (χ2v) is 6.28. The lowest BCUT2D eigenvalue weighted by Gasteiger charge is -2.33. The van der Waals surface area contributed by atoms with Crippen LogP contribution in [0.3, 0.4) is 0 Å². The van der Waals surface area contributed by atoms with Gasteiger partial charge < -0.3 is 15.3 Å². The first-order valence-corrected chi connectivity index (χ1v) is 8.16. The Bertz CT molecular complexity index is 827. The van der Waals surface area contributed by atoms with Gasteiger partial charge in [0.2, 0.25) is 5.91 Å². The number of benzene rings is 2. The Morgan fingerprint density at radius 3 is 2.64 bits per heavy atom. The maximum absolute atomic E-state index is 13.0. The number of phenols is 1. The van der Waals surface area contributed by atoms with Crippen molar-refractivity contribution in [3.63, 3.8) is 0 Å². The maximum Gasteiger partial charge on any atom is 0.258 e. The SMILES string of the molecule is C=CC(=O)Nc1ccc(C(=O)N2CC(C)Cc3cccc(O)c32)cc1. The molecule has 0 aromatic heterocycles. The molecule has 128 valence electrons. The molecule has 0 fully saturated rings. The summed E-state index contributed by atoms with van der Waals surface area (Å²) in [6, 6.07) is 12.0. The van der Waals surface area contributed by atoms with Gasteiger partial charge in [-0.15, -0.1) is 0 Å². The van der Waals surface area contributed by atoms with Crippen LogP contribution >= 0.6 is 0 Å². The number of hydrogen-bond donors (Lipinski definition) is 2. The number of fused-ring (bicyclic) bond motifs is 1. The van der Waals surface area contributed by atoms with Crippen molar-refractivity contribution < 1.29 is 14.7 Å². The van der Waals surface area contributed by atoms with Crippen LogP contribution in [0, 0.1) is 5.92 Å². The summed E-state index contributed by atoms with van der Waals surface area (Å²) in [5.41, 5.74) is 2.66. The summed E-state index contributed by atoms with van der Waals surface area (Å²) in [5.74, 6) is -0.0456. The number of rotatable bonds is 3. The lowest BCUT2D eigenvalue weighted by molar-refractivity contribution is -0.111. The van der Waals surface area contributed by atoms with E-state index in [0.29, 0.717) is 29.4 Å². The minimum absolute atomic E-state index is 0.118. The van der Waals surface area contributed by atoms with Crippen molar-refractivity contribution in [3.8, 4) is 5.75 Å². The molecule has 1 heterocycles. The summed E-state index contributed by atoms with van der Waals surface area (Å²) in [7, 11) is 0. The fourth-order valence-corrected chi connectivity index (χ4v) is 3.13. The van der Waals surface area contributed by atoms with E-state index >= 15 is 0 Å². The summed E-state index contributed by atoms with van der Waals surface area (Å²) >= 11 is 0. The Morgan fingerprint density at radius 1 is 1.24 bits per heavy atom. The molecule has 2 aromatic carbocycles. The second-order valence-electron chi connectivity index (χ2n) is 6.28. The molecule has 2 N–H and O–H groups in total. The highest BCUT2D eigenvalue weighted by Gasteiger charge is 2.29. The van der Waals surface area contributed by atoms with Gasteiger partial charge in [0.25, 0.3) is 5.91 Å². The number of amides is 2. The quantitative estimate of drug-likeness (QED) is 0.845. The zero-order chi connectivity index (χ0) is 18.0. The van der Waals surface area contributed by atoms with Crippen LogP contribution in [0.2, 0.25) is 0 Å². The van der Waals surface area contributed by atoms with Crippen LogP contribution in [0.5, 0.6) is 5.75 Å². The number of carbonyl (C=O) groups is 2. The third-order valence-corrected chi connectivity index (χ3v) is 4.26. The molecular weight excluding hydrogens is 316 g/mol. The van der Waals surface area contributed by atoms with Gasteiger partial charge in [-0.05, 0) is 54.3 Å². The molecule has 5 heteroatoms. The summed E-state index contributed by atoms with van der Waals surface area (Å²) in [6.45, 7) is 6.04. The molecule has 1 unspecified atom stereocenters.